The van der Waals surface area contributed by atoms with Crippen LogP contribution in [-0.2, 0) is 13.1 Å². The number of hydrogen-bond acceptors (Lipinski definition) is 0. The largest absolute Gasteiger partial charge is 1.00 e. The molecule has 2 nitrogen and oxygen atoms in total. The van der Waals surface area contributed by atoms with Gasteiger partial charge in [0, 0.05) is 0 Å². The van der Waals surface area contributed by atoms with Crippen LogP contribution in [0.4, 0.5) is 0 Å². The molecule has 0 aromatic carbocycles. The lowest BCUT2D eigenvalue weighted by Crippen LogP contribution is -3.00. The number of rotatable bonds is 28. The first kappa shape index (κ1) is 35.5. The molecule has 1 aromatic rings. The van der Waals surface area contributed by atoms with Gasteiger partial charge < -0.3 is 12.4 Å². The molecule has 0 unspecified atom stereocenters. The summed E-state index contributed by atoms with van der Waals surface area (Å²) in [6, 6.07) is 0. The lowest BCUT2D eigenvalue weighted by atomic mass is 10.0. The Morgan fingerprint density at radius 3 is 1.17 bits per heavy atom. The predicted molar refractivity (Wildman–Crippen MR) is 156 cm³/mol. The number of aromatic nitrogens is 2. The van der Waals surface area contributed by atoms with Crippen molar-refractivity contribution in [2.75, 3.05) is 0 Å². The average molecular weight is 525 g/mol. The van der Waals surface area contributed by atoms with E-state index in [2.05, 4.69) is 41.7 Å². The fraction of sp³-hybridized carbons (Fsp3) is 0.909. The minimum atomic E-state index is 0. The van der Waals surface area contributed by atoms with Crippen LogP contribution in [-0.4, -0.2) is 4.57 Å². The van der Waals surface area contributed by atoms with E-state index in [0.717, 1.165) is 0 Å². The minimum absolute atomic E-state index is 0. The van der Waals surface area contributed by atoms with Crippen LogP contribution in [0.2, 0.25) is 0 Å². The molecule has 0 N–H and O–H groups in total. The van der Waals surface area contributed by atoms with Gasteiger partial charge in [-0.25, -0.2) is 9.13 Å². The smallest absolute Gasteiger partial charge is 0.243 e. The molecule has 1 rings (SSSR count). The van der Waals surface area contributed by atoms with Crippen LogP contribution in [0.1, 0.15) is 181 Å². The molecule has 214 valence electrons. The second kappa shape index (κ2) is 29.1. The second-order valence-corrected chi connectivity index (χ2v) is 11.4. The summed E-state index contributed by atoms with van der Waals surface area (Å²) in [6.07, 6.45) is 44.2. The van der Waals surface area contributed by atoms with Crippen LogP contribution in [0, 0.1) is 0 Å². The Hall–Kier alpha value is -0.500. The van der Waals surface area contributed by atoms with Gasteiger partial charge in [0.1, 0.15) is 12.4 Å². The first-order valence-corrected chi connectivity index (χ1v) is 16.4. The van der Waals surface area contributed by atoms with Crippen molar-refractivity contribution in [3.05, 3.63) is 18.7 Å². The molecular formula is C33H65ClN2. The Balaban J connectivity index is 0.0000122. The summed E-state index contributed by atoms with van der Waals surface area (Å²) in [5.41, 5.74) is 0. The van der Waals surface area contributed by atoms with Crippen molar-refractivity contribution in [3.8, 4) is 0 Å². The molecule has 0 aliphatic carbocycles. The summed E-state index contributed by atoms with van der Waals surface area (Å²) in [5, 5.41) is 0. The maximum absolute atomic E-state index is 2.40. The topological polar surface area (TPSA) is 8.81 Å². The van der Waals surface area contributed by atoms with Crippen molar-refractivity contribution in [1.29, 1.82) is 0 Å². The van der Waals surface area contributed by atoms with E-state index in [4.69, 9.17) is 0 Å². The Morgan fingerprint density at radius 2 is 0.778 bits per heavy atom. The maximum Gasteiger partial charge on any atom is 0.243 e. The highest BCUT2D eigenvalue weighted by Crippen LogP contribution is 2.14. The molecule has 0 spiro atoms. The monoisotopic (exact) mass is 524 g/mol. The molecule has 1 heterocycles. The lowest BCUT2D eigenvalue weighted by molar-refractivity contribution is -0.696. The Labute approximate surface area is 233 Å². The summed E-state index contributed by atoms with van der Waals surface area (Å²) in [4.78, 5) is 0. The number of aryl methyl sites for hydroxylation is 2. The van der Waals surface area contributed by atoms with Crippen LogP contribution in [0.3, 0.4) is 0 Å². The Morgan fingerprint density at radius 1 is 0.444 bits per heavy atom. The zero-order valence-electron chi connectivity index (χ0n) is 24.8. The molecule has 0 amide bonds. The highest BCUT2D eigenvalue weighted by Gasteiger charge is 2.03. The van der Waals surface area contributed by atoms with E-state index in [9.17, 15) is 0 Å². The average Bonchev–Trinajstić information content (AvgIpc) is 3.32. The maximum atomic E-state index is 2.40. The van der Waals surface area contributed by atoms with E-state index in [-0.39, 0.29) is 12.4 Å². The van der Waals surface area contributed by atoms with E-state index in [0.29, 0.717) is 0 Å². The number of hydrogen-bond donors (Lipinski definition) is 0. The summed E-state index contributed by atoms with van der Waals surface area (Å²) in [7, 11) is 0. The van der Waals surface area contributed by atoms with Gasteiger partial charge in [0.25, 0.3) is 0 Å². The van der Waals surface area contributed by atoms with Crippen molar-refractivity contribution in [2.45, 2.75) is 194 Å². The molecule has 0 fully saturated rings. The van der Waals surface area contributed by atoms with Crippen molar-refractivity contribution < 1.29 is 17.0 Å². The molecule has 3 heteroatoms. The van der Waals surface area contributed by atoms with Gasteiger partial charge in [0.05, 0.1) is 13.1 Å². The lowest BCUT2D eigenvalue weighted by Gasteiger charge is -2.03. The molecule has 0 atom stereocenters. The van der Waals surface area contributed by atoms with Gasteiger partial charge in [-0.05, 0) is 25.7 Å². The molecule has 0 aliphatic rings. The third-order valence-corrected chi connectivity index (χ3v) is 7.79. The molecule has 0 aliphatic heterocycles. The van der Waals surface area contributed by atoms with Gasteiger partial charge >= 0.3 is 0 Å². The van der Waals surface area contributed by atoms with Crippen LogP contribution in [0.5, 0.6) is 0 Å². The van der Waals surface area contributed by atoms with Crippen molar-refractivity contribution >= 4 is 0 Å². The van der Waals surface area contributed by atoms with E-state index in [1.54, 1.807) is 0 Å². The summed E-state index contributed by atoms with van der Waals surface area (Å²) < 4.78 is 4.81. The summed E-state index contributed by atoms with van der Waals surface area (Å²) in [5.74, 6) is 0. The van der Waals surface area contributed by atoms with Crippen LogP contribution in [0.25, 0.3) is 0 Å². The van der Waals surface area contributed by atoms with Gasteiger partial charge in [-0.3, -0.25) is 0 Å². The fourth-order valence-corrected chi connectivity index (χ4v) is 5.33. The van der Waals surface area contributed by atoms with Gasteiger partial charge in [0.2, 0.25) is 6.33 Å². The quantitative estimate of drug-likeness (QED) is 0.0776. The van der Waals surface area contributed by atoms with Gasteiger partial charge in [-0.15, -0.1) is 0 Å². The molecule has 0 saturated heterocycles. The van der Waals surface area contributed by atoms with E-state index in [1.807, 2.05) is 0 Å². The molecule has 0 saturated carbocycles. The highest BCUT2D eigenvalue weighted by atomic mass is 35.5. The number of nitrogens with zero attached hydrogens (tertiary/aromatic N) is 2. The first-order valence-electron chi connectivity index (χ1n) is 16.4. The Kier molecular flexibility index (Phi) is 28.7. The standard InChI is InChI=1S/C33H65N2.ClH/c1-3-5-7-9-11-13-15-17-19-21-23-25-27-29-34-31-32-35(33-34)30-28-26-24-22-20-18-16-14-12-10-8-6-4-2;/h31-33H,3-30H2,1-2H3;1H/q+1;/p-1. The highest BCUT2D eigenvalue weighted by molar-refractivity contribution is 4.66. The van der Waals surface area contributed by atoms with Crippen molar-refractivity contribution in [2.24, 2.45) is 0 Å². The van der Waals surface area contributed by atoms with Crippen molar-refractivity contribution in [3.63, 3.8) is 0 Å². The van der Waals surface area contributed by atoms with Crippen LogP contribution in [0.15, 0.2) is 18.7 Å². The Bertz CT molecular complexity index is 483. The van der Waals surface area contributed by atoms with E-state index in [1.165, 1.54) is 180 Å². The third kappa shape index (κ3) is 23.9. The fourth-order valence-electron chi connectivity index (χ4n) is 5.33. The SMILES string of the molecule is CCCCCCCCCCCCCCCn1cc[n+](CCCCCCCCCCCCCCC)c1.[Cl-]. The van der Waals surface area contributed by atoms with E-state index < -0.39 is 0 Å². The number of halogens is 1. The number of imidazole rings is 1. The molecule has 1 aromatic heterocycles. The third-order valence-electron chi connectivity index (χ3n) is 7.79. The van der Waals surface area contributed by atoms with Crippen molar-refractivity contribution in [1.82, 2.24) is 4.57 Å². The minimum Gasteiger partial charge on any atom is -1.00 e. The normalized spacial score (nSPS) is 11.2. The molecule has 0 radical (unpaired) electrons. The number of unbranched alkanes of at least 4 members (excludes halogenated alkanes) is 24. The van der Waals surface area contributed by atoms with Gasteiger partial charge in [0.15, 0.2) is 0 Å². The molecular weight excluding hydrogens is 460 g/mol. The zero-order valence-corrected chi connectivity index (χ0v) is 25.6. The summed E-state index contributed by atoms with van der Waals surface area (Å²) in [6.45, 7) is 7.00. The first-order chi connectivity index (χ1) is 17.4. The molecule has 36 heavy (non-hydrogen) atoms. The van der Waals surface area contributed by atoms with Gasteiger partial charge in [-0.2, -0.15) is 0 Å². The predicted octanol–water partition coefficient (Wildman–Crippen LogP) is 7.96. The summed E-state index contributed by atoms with van der Waals surface area (Å²) >= 11 is 0. The van der Waals surface area contributed by atoms with E-state index >= 15 is 0 Å². The molecule has 0 bridgehead atoms. The second-order valence-electron chi connectivity index (χ2n) is 11.4. The van der Waals surface area contributed by atoms with Crippen LogP contribution < -0.4 is 17.0 Å². The zero-order chi connectivity index (χ0) is 25.1. The van der Waals surface area contributed by atoms with Crippen LogP contribution >= 0.6 is 0 Å². The van der Waals surface area contributed by atoms with Gasteiger partial charge in [-0.1, -0.05) is 155 Å².